The van der Waals surface area contributed by atoms with Crippen LogP contribution in [0.4, 0.5) is 11.6 Å². The number of nitrogens with zero attached hydrogens (tertiary/aromatic N) is 5. The molecule has 3 aromatic heterocycles. The maximum absolute atomic E-state index is 12.5. The highest BCUT2D eigenvalue weighted by Gasteiger charge is 2.16. The molecule has 3 rings (SSSR count). The largest absolute Gasteiger partial charge is 0.361 e. The van der Waals surface area contributed by atoms with Gasteiger partial charge in [-0.1, -0.05) is 19.6 Å². The smallest absolute Gasteiger partial charge is 0.263 e. The normalized spacial score (nSPS) is 11.7. The van der Waals surface area contributed by atoms with Gasteiger partial charge in [-0.2, -0.15) is 15.3 Å². The second kappa shape index (κ2) is 7.38. The molecule has 0 spiro atoms. The first kappa shape index (κ1) is 18.9. The van der Waals surface area contributed by atoms with Gasteiger partial charge in [-0.15, -0.1) is 0 Å². The summed E-state index contributed by atoms with van der Waals surface area (Å²) < 4.78 is 9.10. The lowest BCUT2D eigenvalue weighted by Crippen LogP contribution is -2.22. The molecule has 10 heteroatoms. The van der Waals surface area contributed by atoms with E-state index in [9.17, 15) is 10.1 Å². The number of H-pyrrole nitrogens is 1. The molecule has 0 saturated heterocycles. The van der Waals surface area contributed by atoms with E-state index in [2.05, 4.69) is 46.1 Å². The Bertz CT molecular complexity index is 1050. The second-order valence-corrected chi connectivity index (χ2v) is 13.2. The lowest BCUT2D eigenvalue weighted by atomic mass is 10.3. The third-order valence-corrected chi connectivity index (χ3v) is 5.75. The Morgan fingerprint density at radius 2 is 2.15 bits per heavy atom. The average molecular weight is 386 g/mol. The van der Waals surface area contributed by atoms with Crippen LogP contribution in [-0.4, -0.2) is 39.0 Å². The van der Waals surface area contributed by atoms with Crippen molar-refractivity contribution in [2.75, 3.05) is 11.9 Å². The van der Waals surface area contributed by atoms with Crippen molar-refractivity contribution in [1.82, 2.24) is 24.3 Å². The molecular formula is C17H23N7O2Si. The number of anilines is 2. The van der Waals surface area contributed by atoms with Crippen molar-refractivity contribution in [2.45, 2.75) is 32.4 Å². The summed E-state index contributed by atoms with van der Waals surface area (Å²) in [7, 11) is 0.613. The molecule has 142 valence electrons. The fraction of sp³-hybridized carbons (Fsp3) is 0.412. The number of rotatable bonds is 7. The Morgan fingerprint density at radius 3 is 2.78 bits per heavy atom. The summed E-state index contributed by atoms with van der Waals surface area (Å²) in [5, 5.41) is 16.7. The van der Waals surface area contributed by atoms with Crippen LogP contribution in [0.2, 0.25) is 25.7 Å². The molecule has 3 heterocycles. The topological polar surface area (TPSA) is 114 Å². The fourth-order valence-electron chi connectivity index (χ4n) is 2.60. The van der Waals surface area contributed by atoms with E-state index < -0.39 is 8.07 Å². The highest BCUT2D eigenvalue weighted by Crippen LogP contribution is 2.19. The third kappa shape index (κ3) is 4.44. The van der Waals surface area contributed by atoms with Crippen molar-refractivity contribution < 1.29 is 4.74 Å². The molecule has 0 radical (unpaired) electrons. The van der Waals surface area contributed by atoms with E-state index in [0.29, 0.717) is 17.9 Å². The van der Waals surface area contributed by atoms with Crippen LogP contribution in [0, 0.1) is 11.3 Å². The Balaban J connectivity index is 1.89. The molecule has 3 aromatic rings. The summed E-state index contributed by atoms with van der Waals surface area (Å²) in [5.41, 5.74) is 1.02. The van der Waals surface area contributed by atoms with Gasteiger partial charge in [-0.25, -0.2) is 0 Å². The molecule has 0 amide bonds. The molecule has 0 aliphatic carbocycles. The summed E-state index contributed by atoms with van der Waals surface area (Å²) in [6.07, 6.45) is 5.00. The van der Waals surface area contributed by atoms with Gasteiger partial charge in [-0.05, 0) is 6.04 Å². The van der Waals surface area contributed by atoms with E-state index in [4.69, 9.17) is 4.74 Å². The van der Waals surface area contributed by atoms with E-state index in [1.165, 1.54) is 0 Å². The summed E-state index contributed by atoms with van der Waals surface area (Å²) in [6.45, 7) is 7.73. The number of fused-ring (bicyclic) bond motifs is 1. The van der Waals surface area contributed by atoms with E-state index in [0.717, 1.165) is 6.04 Å². The molecule has 0 unspecified atom stereocenters. The summed E-state index contributed by atoms with van der Waals surface area (Å²) in [5.74, 6) is 0.284. The van der Waals surface area contributed by atoms with Gasteiger partial charge < -0.3 is 14.6 Å². The Hall–Kier alpha value is -2.90. The first-order valence-electron chi connectivity index (χ1n) is 8.63. The predicted octanol–water partition coefficient (Wildman–Crippen LogP) is 2.39. The molecule has 0 saturated carbocycles. The Morgan fingerprint density at radius 1 is 1.37 bits per heavy atom. The molecule has 0 aromatic carbocycles. The average Bonchev–Trinajstić information content (AvgIpc) is 3.14. The van der Waals surface area contributed by atoms with Gasteiger partial charge in [0.05, 0.1) is 17.4 Å². The van der Waals surface area contributed by atoms with Crippen LogP contribution in [-0.2, 0) is 18.5 Å². The van der Waals surface area contributed by atoms with Crippen molar-refractivity contribution in [3.8, 4) is 6.07 Å². The van der Waals surface area contributed by atoms with E-state index in [-0.39, 0.29) is 29.2 Å². The van der Waals surface area contributed by atoms with Crippen LogP contribution in [0.3, 0.4) is 0 Å². The molecule has 0 aliphatic rings. The molecule has 2 N–H and O–H groups in total. The van der Waals surface area contributed by atoms with Crippen LogP contribution < -0.4 is 10.9 Å². The fourth-order valence-corrected chi connectivity index (χ4v) is 3.36. The first-order valence-corrected chi connectivity index (χ1v) is 12.3. The van der Waals surface area contributed by atoms with Gasteiger partial charge in [0.1, 0.15) is 18.2 Å². The summed E-state index contributed by atoms with van der Waals surface area (Å²) in [4.78, 5) is 19.6. The van der Waals surface area contributed by atoms with Crippen molar-refractivity contribution in [2.24, 2.45) is 7.05 Å². The van der Waals surface area contributed by atoms with E-state index in [1.54, 1.807) is 34.9 Å². The zero-order valence-corrected chi connectivity index (χ0v) is 16.9. The SMILES string of the molecule is Cn1cc(Nc2nc3c(c(C#N)cn3COCC[Si](C)(C)C)c(=O)[nH]2)cn1. The number of hydrogen-bond donors (Lipinski definition) is 2. The van der Waals surface area contributed by atoms with Gasteiger partial charge in [0.25, 0.3) is 5.56 Å². The highest BCUT2D eigenvalue weighted by molar-refractivity contribution is 6.76. The van der Waals surface area contributed by atoms with Crippen LogP contribution >= 0.6 is 0 Å². The lowest BCUT2D eigenvalue weighted by Gasteiger charge is -2.15. The number of aromatic amines is 1. The van der Waals surface area contributed by atoms with Crippen LogP contribution in [0.1, 0.15) is 5.56 Å². The van der Waals surface area contributed by atoms with Gasteiger partial charge in [-0.3, -0.25) is 14.5 Å². The molecule has 0 bridgehead atoms. The van der Waals surface area contributed by atoms with Gasteiger partial charge in [0.2, 0.25) is 5.95 Å². The zero-order valence-electron chi connectivity index (χ0n) is 15.9. The monoisotopic (exact) mass is 385 g/mol. The number of aryl methyl sites for hydroxylation is 1. The molecule has 0 atom stereocenters. The van der Waals surface area contributed by atoms with Gasteiger partial charge >= 0.3 is 0 Å². The number of nitriles is 1. The number of ether oxygens (including phenoxy) is 1. The maximum atomic E-state index is 12.5. The number of nitrogens with one attached hydrogen (secondary N) is 2. The molecule has 27 heavy (non-hydrogen) atoms. The van der Waals surface area contributed by atoms with Gasteiger partial charge in [0.15, 0.2) is 5.65 Å². The standard InChI is InChI=1S/C17H23N7O2Si/c1-23-10-13(8-19-23)20-17-21-15-14(16(25)22-17)12(7-18)9-24(15)11-26-5-6-27(2,3)4/h8-10H,5-6,11H2,1-4H3,(H2,20,21,22,25). The minimum absolute atomic E-state index is 0.242. The summed E-state index contributed by atoms with van der Waals surface area (Å²) >= 11 is 0. The van der Waals surface area contributed by atoms with Crippen molar-refractivity contribution in [3.63, 3.8) is 0 Å². The predicted molar refractivity (Wildman–Crippen MR) is 106 cm³/mol. The van der Waals surface area contributed by atoms with E-state index in [1.807, 2.05) is 0 Å². The lowest BCUT2D eigenvalue weighted by molar-refractivity contribution is 0.0898. The van der Waals surface area contributed by atoms with Crippen molar-refractivity contribution >= 4 is 30.7 Å². The third-order valence-electron chi connectivity index (χ3n) is 4.04. The molecular weight excluding hydrogens is 362 g/mol. The number of aromatic nitrogens is 5. The summed E-state index contributed by atoms with van der Waals surface area (Å²) in [6, 6.07) is 3.10. The Kier molecular flexibility index (Phi) is 5.16. The van der Waals surface area contributed by atoms with Crippen LogP contribution in [0.15, 0.2) is 23.4 Å². The molecule has 9 nitrogen and oxygen atoms in total. The minimum atomic E-state index is -1.19. The minimum Gasteiger partial charge on any atom is -0.361 e. The molecule has 0 aliphatic heterocycles. The maximum Gasteiger partial charge on any atom is 0.263 e. The first-order chi connectivity index (χ1) is 12.8. The highest BCUT2D eigenvalue weighted by atomic mass is 28.3. The Labute approximate surface area is 157 Å². The van der Waals surface area contributed by atoms with Crippen LogP contribution in [0.5, 0.6) is 0 Å². The second-order valence-electron chi connectivity index (χ2n) is 7.61. The number of hydrogen-bond acceptors (Lipinski definition) is 6. The van der Waals surface area contributed by atoms with E-state index >= 15 is 0 Å². The molecule has 0 fully saturated rings. The van der Waals surface area contributed by atoms with Crippen molar-refractivity contribution in [3.05, 3.63) is 34.5 Å². The van der Waals surface area contributed by atoms with Gasteiger partial charge in [0, 0.05) is 34.1 Å². The van der Waals surface area contributed by atoms with Crippen LogP contribution in [0.25, 0.3) is 11.0 Å². The quantitative estimate of drug-likeness (QED) is 0.477. The van der Waals surface area contributed by atoms with Crippen molar-refractivity contribution in [1.29, 1.82) is 5.26 Å². The zero-order chi connectivity index (χ0) is 19.6.